The van der Waals surface area contributed by atoms with Crippen molar-refractivity contribution in [2.24, 2.45) is 5.92 Å². The Bertz CT molecular complexity index is 1350. The Kier molecular flexibility index (Phi) is 10.2. The van der Waals surface area contributed by atoms with Crippen LogP contribution in [-0.4, -0.2) is 61.6 Å². The Balaban J connectivity index is 1.71. The number of methoxy groups -OCH3 is 1. The van der Waals surface area contributed by atoms with E-state index in [-0.39, 0.29) is 13.4 Å². The fraction of sp³-hybridized carbons (Fsp3) is 0.447. The second kappa shape index (κ2) is 14.0. The van der Waals surface area contributed by atoms with Crippen LogP contribution in [0, 0.1) is 5.92 Å². The molecule has 5 rings (SSSR count). The fourth-order valence-electron chi connectivity index (χ4n) is 6.34. The molecule has 3 aromatic rings. The number of nitrogens with zero attached hydrogens (tertiary/aromatic N) is 1. The average Bonchev–Trinajstić information content (AvgIpc) is 3.71. The van der Waals surface area contributed by atoms with Crippen molar-refractivity contribution in [3.05, 3.63) is 120 Å². The summed E-state index contributed by atoms with van der Waals surface area (Å²) in [5.41, 5.74) is -0.677. The van der Waals surface area contributed by atoms with Crippen LogP contribution in [0.15, 0.2) is 103 Å². The van der Waals surface area contributed by atoms with Gasteiger partial charge < -0.3 is 28.4 Å². The molecule has 0 spiro atoms. The van der Waals surface area contributed by atoms with Crippen LogP contribution >= 0.6 is 0 Å². The second-order valence-electron chi connectivity index (χ2n) is 13.2. The highest BCUT2D eigenvalue weighted by atomic mass is 16.7. The van der Waals surface area contributed by atoms with Gasteiger partial charge in [0.15, 0.2) is 0 Å². The number of benzene rings is 3. The first-order valence-electron chi connectivity index (χ1n) is 16.0. The highest BCUT2D eigenvalue weighted by Crippen LogP contribution is 2.46. The maximum atomic E-state index is 14.6. The number of hydrogen-bond donors (Lipinski definition) is 0. The average molecular weight is 630 g/mol. The van der Waals surface area contributed by atoms with Crippen molar-refractivity contribution in [2.75, 3.05) is 33.6 Å². The van der Waals surface area contributed by atoms with E-state index in [9.17, 15) is 4.79 Å². The summed E-state index contributed by atoms with van der Waals surface area (Å²) in [5, 5.41) is 0. The van der Waals surface area contributed by atoms with Crippen molar-refractivity contribution in [1.29, 1.82) is 0 Å². The Morgan fingerprint density at radius 2 is 1.33 bits per heavy atom. The van der Waals surface area contributed by atoms with E-state index >= 15 is 0 Å². The number of carbonyl (C=O) groups excluding carboxylic acids is 1. The standard InChI is InChI=1S/C38H47NO7/c1-35(2,3)46-34(40)38(44-28-41-6,39-24-16-17-25-39)32(33-27-42-36(4,5)45-33)26-43-37(29-18-10-7-11-19-29,30-20-12-8-13-21-30)31-22-14-9-15-23-31/h7-15,18-23,27,32H,16-17,24-26,28H2,1-6H3/t32?,38-/m0/s1. The summed E-state index contributed by atoms with van der Waals surface area (Å²) in [7, 11) is 1.54. The number of hydrogen-bond acceptors (Lipinski definition) is 8. The van der Waals surface area contributed by atoms with Crippen LogP contribution in [0.1, 0.15) is 64.2 Å². The van der Waals surface area contributed by atoms with Crippen LogP contribution in [-0.2, 0) is 38.8 Å². The van der Waals surface area contributed by atoms with Crippen LogP contribution in [0.5, 0.6) is 0 Å². The maximum absolute atomic E-state index is 14.6. The predicted octanol–water partition coefficient (Wildman–Crippen LogP) is 6.99. The minimum atomic E-state index is -1.65. The smallest absolute Gasteiger partial charge is 0.355 e. The second-order valence-corrected chi connectivity index (χ2v) is 13.2. The molecule has 1 unspecified atom stereocenters. The van der Waals surface area contributed by atoms with Crippen molar-refractivity contribution in [1.82, 2.24) is 4.90 Å². The largest absolute Gasteiger partial charge is 0.457 e. The first-order chi connectivity index (χ1) is 22.0. The minimum absolute atomic E-state index is 0.00339. The van der Waals surface area contributed by atoms with Gasteiger partial charge in [0.25, 0.3) is 0 Å². The number of rotatable bonds is 13. The molecule has 8 nitrogen and oxygen atoms in total. The number of likely N-dealkylation sites (tertiary alicyclic amines) is 1. The van der Waals surface area contributed by atoms with E-state index in [1.54, 1.807) is 6.26 Å². The van der Waals surface area contributed by atoms with Gasteiger partial charge in [-0.1, -0.05) is 91.0 Å². The van der Waals surface area contributed by atoms with Gasteiger partial charge in [-0.15, -0.1) is 0 Å². The molecule has 0 bridgehead atoms. The lowest BCUT2D eigenvalue weighted by Gasteiger charge is -2.46. The zero-order valence-electron chi connectivity index (χ0n) is 27.9. The SMILES string of the molecule is COCO[C@](C(=O)OC(C)(C)C)(C(COC(c1ccccc1)(c1ccccc1)c1ccccc1)C1=COC(C)(C)O1)N1CCCC1. The molecular formula is C38H47NO7. The zero-order chi connectivity index (χ0) is 32.8. The summed E-state index contributed by atoms with van der Waals surface area (Å²) >= 11 is 0. The fourth-order valence-corrected chi connectivity index (χ4v) is 6.34. The van der Waals surface area contributed by atoms with Crippen molar-refractivity contribution >= 4 is 5.97 Å². The minimum Gasteiger partial charge on any atom is -0.457 e. The molecule has 8 heteroatoms. The molecule has 0 N–H and O–H groups in total. The molecular weight excluding hydrogens is 582 g/mol. The van der Waals surface area contributed by atoms with Crippen molar-refractivity contribution in [3.8, 4) is 0 Å². The molecule has 46 heavy (non-hydrogen) atoms. The van der Waals surface area contributed by atoms with Gasteiger partial charge >= 0.3 is 5.97 Å². The Morgan fingerprint density at radius 3 is 1.74 bits per heavy atom. The van der Waals surface area contributed by atoms with E-state index in [1.807, 2.05) is 94.1 Å². The Hall–Kier alpha value is -3.69. The highest BCUT2D eigenvalue weighted by Gasteiger charge is 2.59. The third-order valence-electron chi connectivity index (χ3n) is 8.31. The highest BCUT2D eigenvalue weighted by molar-refractivity contribution is 5.80. The molecule has 1 saturated heterocycles. The first kappa shape index (κ1) is 33.7. The summed E-state index contributed by atoms with van der Waals surface area (Å²) in [6.07, 6.45) is 3.38. The molecule has 0 aromatic heterocycles. The molecule has 0 amide bonds. The molecule has 2 aliphatic rings. The molecule has 246 valence electrons. The van der Waals surface area contributed by atoms with Crippen molar-refractivity contribution in [3.63, 3.8) is 0 Å². The monoisotopic (exact) mass is 629 g/mol. The number of ether oxygens (including phenoxy) is 6. The van der Waals surface area contributed by atoms with E-state index in [2.05, 4.69) is 36.4 Å². The Morgan fingerprint density at radius 1 is 0.826 bits per heavy atom. The summed E-state index contributed by atoms with van der Waals surface area (Å²) in [6, 6.07) is 30.4. The van der Waals surface area contributed by atoms with E-state index in [0.29, 0.717) is 18.8 Å². The van der Waals surface area contributed by atoms with Gasteiger partial charge in [-0.3, -0.25) is 4.90 Å². The van der Waals surface area contributed by atoms with E-state index in [1.165, 1.54) is 7.11 Å². The third kappa shape index (κ3) is 7.00. The lowest BCUT2D eigenvalue weighted by Crippen LogP contribution is -2.64. The number of esters is 1. The van der Waals surface area contributed by atoms with Gasteiger partial charge in [0.05, 0.1) is 12.5 Å². The van der Waals surface area contributed by atoms with E-state index < -0.39 is 34.6 Å². The topological polar surface area (TPSA) is 75.7 Å². The van der Waals surface area contributed by atoms with E-state index in [0.717, 1.165) is 29.5 Å². The lowest BCUT2D eigenvalue weighted by molar-refractivity contribution is -0.255. The zero-order valence-corrected chi connectivity index (χ0v) is 27.9. The van der Waals surface area contributed by atoms with Gasteiger partial charge in [-0.2, -0.15) is 0 Å². The molecule has 2 atom stereocenters. The third-order valence-corrected chi connectivity index (χ3v) is 8.31. The lowest BCUT2D eigenvalue weighted by atomic mass is 9.79. The Labute approximate surface area is 273 Å². The summed E-state index contributed by atoms with van der Waals surface area (Å²) < 4.78 is 37.9. The molecule has 0 radical (unpaired) electrons. The summed E-state index contributed by atoms with van der Waals surface area (Å²) in [5.74, 6) is -1.86. The van der Waals surface area contributed by atoms with Crippen molar-refractivity contribution in [2.45, 2.75) is 70.2 Å². The van der Waals surface area contributed by atoms with Gasteiger partial charge in [-0.25, -0.2) is 4.79 Å². The van der Waals surface area contributed by atoms with Crippen LogP contribution in [0.3, 0.4) is 0 Å². The van der Waals surface area contributed by atoms with E-state index in [4.69, 9.17) is 28.4 Å². The molecule has 0 saturated carbocycles. The van der Waals surface area contributed by atoms with Gasteiger partial charge in [-0.05, 0) is 50.3 Å². The van der Waals surface area contributed by atoms with Crippen LogP contribution < -0.4 is 0 Å². The van der Waals surface area contributed by atoms with Gasteiger partial charge in [0.1, 0.15) is 30.0 Å². The maximum Gasteiger partial charge on any atom is 0.355 e. The van der Waals surface area contributed by atoms with Crippen LogP contribution in [0.25, 0.3) is 0 Å². The predicted molar refractivity (Wildman–Crippen MR) is 175 cm³/mol. The van der Waals surface area contributed by atoms with Crippen LogP contribution in [0.4, 0.5) is 0 Å². The first-order valence-corrected chi connectivity index (χ1v) is 16.0. The van der Waals surface area contributed by atoms with Crippen LogP contribution in [0.2, 0.25) is 0 Å². The number of carbonyl (C=O) groups is 1. The molecule has 0 aliphatic carbocycles. The van der Waals surface area contributed by atoms with Gasteiger partial charge in [0, 0.05) is 34.0 Å². The normalized spacial score (nSPS) is 18.6. The van der Waals surface area contributed by atoms with Crippen molar-refractivity contribution < 1.29 is 33.2 Å². The molecule has 1 fully saturated rings. The van der Waals surface area contributed by atoms with Gasteiger partial charge in [0.2, 0.25) is 11.5 Å². The summed E-state index contributed by atoms with van der Waals surface area (Å²) in [6.45, 7) is 10.3. The molecule has 2 aliphatic heterocycles. The molecule has 2 heterocycles. The summed E-state index contributed by atoms with van der Waals surface area (Å²) in [4.78, 5) is 16.7. The quantitative estimate of drug-likeness (QED) is 0.114. The molecule has 3 aromatic carbocycles.